The topological polar surface area (TPSA) is 74.5 Å². The van der Waals surface area contributed by atoms with Crippen LogP contribution in [0.25, 0.3) is 11.3 Å². The Kier molecular flexibility index (Phi) is 3.00. The van der Waals surface area contributed by atoms with Crippen LogP contribution in [0.15, 0.2) is 18.6 Å². The van der Waals surface area contributed by atoms with Gasteiger partial charge in [-0.3, -0.25) is 9.36 Å². The van der Waals surface area contributed by atoms with E-state index in [1.54, 1.807) is 10.9 Å². The van der Waals surface area contributed by atoms with Crippen molar-refractivity contribution in [3.05, 3.63) is 18.6 Å². The number of hydrogen-bond donors (Lipinski definition) is 1. The molecule has 0 radical (unpaired) electrons. The van der Waals surface area contributed by atoms with E-state index in [0.29, 0.717) is 19.1 Å². The number of nitrogens with zero attached hydrogens (tertiary/aromatic N) is 5. The zero-order valence-electron chi connectivity index (χ0n) is 9.54. The minimum Gasteiger partial charge on any atom is -0.329 e. The maximum absolute atomic E-state index is 5.45. The van der Waals surface area contributed by atoms with Gasteiger partial charge in [-0.25, -0.2) is 0 Å². The Morgan fingerprint density at radius 3 is 2.81 bits per heavy atom. The van der Waals surface area contributed by atoms with Gasteiger partial charge in [0.1, 0.15) is 5.69 Å². The Hall–Kier alpha value is -1.69. The summed E-state index contributed by atoms with van der Waals surface area (Å²) in [6, 6.07) is 0.354. The molecular weight excluding hydrogens is 204 g/mol. The van der Waals surface area contributed by atoms with E-state index in [1.165, 1.54) is 0 Å². The molecule has 0 saturated heterocycles. The molecule has 2 aromatic rings. The molecule has 6 nitrogen and oxygen atoms in total. The predicted molar refractivity (Wildman–Crippen MR) is 60.7 cm³/mol. The van der Waals surface area contributed by atoms with Crippen LogP contribution >= 0.6 is 0 Å². The van der Waals surface area contributed by atoms with Crippen molar-refractivity contribution in [3.8, 4) is 11.3 Å². The number of hydrogen-bond acceptors (Lipinski definition) is 4. The molecule has 2 N–H and O–H groups in total. The third-order valence-electron chi connectivity index (χ3n) is 2.32. The average Bonchev–Trinajstić information content (AvgIpc) is 2.84. The predicted octanol–water partition coefficient (Wildman–Crippen LogP) is 0.681. The molecule has 0 unspecified atom stereocenters. The third-order valence-corrected chi connectivity index (χ3v) is 2.32. The van der Waals surface area contributed by atoms with Crippen LogP contribution in [-0.4, -0.2) is 31.3 Å². The van der Waals surface area contributed by atoms with Crippen molar-refractivity contribution in [2.24, 2.45) is 5.73 Å². The van der Waals surface area contributed by atoms with E-state index in [-0.39, 0.29) is 0 Å². The summed E-state index contributed by atoms with van der Waals surface area (Å²) in [4.78, 5) is 0. The zero-order chi connectivity index (χ0) is 11.5. The van der Waals surface area contributed by atoms with E-state index in [2.05, 4.69) is 29.3 Å². The molecule has 0 spiro atoms. The van der Waals surface area contributed by atoms with E-state index in [0.717, 1.165) is 11.3 Å². The van der Waals surface area contributed by atoms with Crippen LogP contribution in [0.2, 0.25) is 0 Å². The van der Waals surface area contributed by atoms with E-state index in [1.807, 2.05) is 17.1 Å². The lowest BCUT2D eigenvalue weighted by molar-refractivity contribution is 0.532. The molecule has 0 fully saturated rings. The van der Waals surface area contributed by atoms with E-state index in [9.17, 15) is 0 Å². The number of nitrogens with two attached hydrogens (primary N) is 1. The van der Waals surface area contributed by atoms with Gasteiger partial charge in [0, 0.05) is 24.3 Å². The summed E-state index contributed by atoms with van der Waals surface area (Å²) in [6.07, 6.45) is 5.66. The molecule has 0 aliphatic rings. The summed E-state index contributed by atoms with van der Waals surface area (Å²) in [7, 11) is 0. The molecule has 2 heterocycles. The molecule has 0 amide bonds. The molecule has 16 heavy (non-hydrogen) atoms. The lowest BCUT2D eigenvalue weighted by Gasteiger charge is -2.02. The fourth-order valence-electron chi connectivity index (χ4n) is 1.42. The fraction of sp³-hybridized carbons (Fsp3) is 0.500. The Bertz CT molecular complexity index is 455. The second-order valence-corrected chi connectivity index (χ2v) is 3.96. The van der Waals surface area contributed by atoms with Crippen molar-refractivity contribution in [2.75, 3.05) is 6.54 Å². The van der Waals surface area contributed by atoms with E-state index in [4.69, 9.17) is 5.73 Å². The van der Waals surface area contributed by atoms with Crippen LogP contribution in [0.3, 0.4) is 0 Å². The Labute approximate surface area is 94.1 Å². The first-order valence-electron chi connectivity index (χ1n) is 5.35. The van der Waals surface area contributed by atoms with Crippen molar-refractivity contribution in [1.29, 1.82) is 0 Å². The van der Waals surface area contributed by atoms with Crippen molar-refractivity contribution in [2.45, 2.75) is 26.4 Å². The van der Waals surface area contributed by atoms with E-state index >= 15 is 0 Å². The fourth-order valence-corrected chi connectivity index (χ4v) is 1.42. The molecule has 2 rings (SSSR count). The highest BCUT2D eigenvalue weighted by Crippen LogP contribution is 2.16. The number of rotatable bonds is 4. The molecule has 0 bridgehead atoms. The summed E-state index contributed by atoms with van der Waals surface area (Å²) in [5.41, 5.74) is 7.26. The monoisotopic (exact) mass is 220 g/mol. The van der Waals surface area contributed by atoms with Crippen LogP contribution in [0, 0.1) is 0 Å². The Morgan fingerprint density at radius 2 is 2.19 bits per heavy atom. The summed E-state index contributed by atoms with van der Waals surface area (Å²) < 4.78 is 3.64. The summed E-state index contributed by atoms with van der Waals surface area (Å²) >= 11 is 0. The second-order valence-electron chi connectivity index (χ2n) is 3.96. The van der Waals surface area contributed by atoms with Gasteiger partial charge < -0.3 is 5.73 Å². The minimum absolute atomic E-state index is 0.354. The first-order valence-corrected chi connectivity index (χ1v) is 5.35. The Morgan fingerprint density at radius 1 is 1.38 bits per heavy atom. The standard InChI is InChI=1S/C10H16N6/c1-8(2)16-6-9(5-12-16)10-7-15(4-3-11)14-13-10/h5-8H,3-4,11H2,1-2H3. The maximum atomic E-state index is 5.45. The normalized spacial score (nSPS) is 11.2. The molecule has 0 aromatic carbocycles. The summed E-state index contributed by atoms with van der Waals surface area (Å²) in [5.74, 6) is 0. The molecule has 86 valence electrons. The molecular formula is C10H16N6. The van der Waals surface area contributed by atoms with Crippen LogP contribution in [0.4, 0.5) is 0 Å². The zero-order valence-corrected chi connectivity index (χ0v) is 9.54. The van der Waals surface area contributed by atoms with Gasteiger partial charge in [-0.2, -0.15) is 5.10 Å². The highest BCUT2D eigenvalue weighted by molar-refractivity contribution is 5.55. The third kappa shape index (κ3) is 2.11. The van der Waals surface area contributed by atoms with Crippen LogP contribution in [0.1, 0.15) is 19.9 Å². The van der Waals surface area contributed by atoms with Crippen molar-refractivity contribution in [1.82, 2.24) is 24.8 Å². The van der Waals surface area contributed by atoms with Gasteiger partial charge in [0.2, 0.25) is 0 Å². The van der Waals surface area contributed by atoms with Crippen LogP contribution < -0.4 is 5.73 Å². The van der Waals surface area contributed by atoms with Gasteiger partial charge >= 0.3 is 0 Å². The van der Waals surface area contributed by atoms with Gasteiger partial charge in [-0.15, -0.1) is 5.10 Å². The highest BCUT2D eigenvalue weighted by Gasteiger charge is 2.07. The lowest BCUT2D eigenvalue weighted by Crippen LogP contribution is -2.10. The van der Waals surface area contributed by atoms with Gasteiger partial charge in [-0.05, 0) is 13.8 Å². The molecule has 0 aliphatic heterocycles. The quantitative estimate of drug-likeness (QED) is 0.822. The van der Waals surface area contributed by atoms with Gasteiger partial charge in [0.15, 0.2) is 0 Å². The first-order chi connectivity index (χ1) is 7.70. The SMILES string of the molecule is CC(C)n1cc(-c2cn(CCN)nn2)cn1. The van der Waals surface area contributed by atoms with Gasteiger partial charge in [0.05, 0.1) is 18.9 Å². The highest BCUT2D eigenvalue weighted by atomic mass is 15.4. The number of aromatic nitrogens is 5. The summed E-state index contributed by atoms with van der Waals surface area (Å²) in [5, 5.41) is 12.3. The van der Waals surface area contributed by atoms with Crippen molar-refractivity contribution >= 4 is 0 Å². The largest absolute Gasteiger partial charge is 0.329 e. The molecule has 0 aliphatic carbocycles. The summed E-state index contributed by atoms with van der Waals surface area (Å²) in [6.45, 7) is 5.42. The van der Waals surface area contributed by atoms with Crippen LogP contribution in [-0.2, 0) is 6.54 Å². The van der Waals surface area contributed by atoms with Crippen molar-refractivity contribution in [3.63, 3.8) is 0 Å². The molecule has 2 aromatic heterocycles. The second kappa shape index (κ2) is 4.44. The van der Waals surface area contributed by atoms with Gasteiger partial charge in [0.25, 0.3) is 0 Å². The van der Waals surface area contributed by atoms with Crippen LogP contribution in [0.5, 0.6) is 0 Å². The Balaban J connectivity index is 2.21. The molecule has 0 atom stereocenters. The van der Waals surface area contributed by atoms with Gasteiger partial charge in [-0.1, -0.05) is 5.21 Å². The lowest BCUT2D eigenvalue weighted by atomic mass is 10.3. The smallest absolute Gasteiger partial charge is 0.116 e. The minimum atomic E-state index is 0.354. The molecule has 0 saturated carbocycles. The average molecular weight is 220 g/mol. The van der Waals surface area contributed by atoms with E-state index < -0.39 is 0 Å². The first kappa shape index (κ1) is 10.8. The van der Waals surface area contributed by atoms with Crippen molar-refractivity contribution < 1.29 is 0 Å². The molecule has 6 heteroatoms. The maximum Gasteiger partial charge on any atom is 0.116 e.